The van der Waals surface area contributed by atoms with Gasteiger partial charge < -0.3 is 10.2 Å². The fraction of sp³-hybridized carbons (Fsp3) is 0.263. The molecule has 1 heterocycles. The van der Waals surface area contributed by atoms with Crippen LogP contribution in [0.3, 0.4) is 0 Å². The zero-order chi connectivity index (χ0) is 17.1. The number of rotatable bonds is 3. The highest BCUT2D eigenvalue weighted by atomic mass is 19.1. The number of amides is 2. The number of hydrogen-bond donors (Lipinski definition) is 1. The summed E-state index contributed by atoms with van der Waals surface area (Å²) < 4.78 is 13.5. The molecular weight excluding hydrogens is 307 g/mol. The molecule has 1 aliphatic heterocycles. The summed E-state index contributed by atoms with van der Waals surface area (Å²) in [6, 6.07) is 13.2. The van der Waals surface area contributed by atoms with Crippen LogP contribution in [-0.2, 0) is 4.79 Å². The molecule has 0 radical (unpaired) electrons. The first-order valence-corrected chi connectivity index (χ1v) is 7.98. The lowest BCUT2D eigenvalue weighted by molar-refractivity contribution is -0.114. The molecule has 24 heavy (non-hydrogen) atoms. The summed E-state index contributed by atoms with van der Waals surface area (Å²) in [7, 11) is 0. The van der Waals surface area contributed by atoms with Crippen molar-refractivity contribution in [2.45, 2.75) is 25.8 Å². The van der Waals surface area contributed by atoms with E-state index in [-0.39, 0.29) is 23.7 Å². The highest BCUT2D eigenvalue weighted by Gasteiger charge is 2.30. The van der Waals surface area contributed by atoms with Gasteiger partial charge in [0.1, 0.15) is 5.82 Å². The van der Waals surface area contributed by atoms with Crippen LogP contribution in [0.1, 0.15) is 41.7 Å². The Kier molecular flexibility index (Phi) is 4.60. The quantitative estimate of drug-likeness (QED) is 0.933. The number of anilines is 1. The summed E-state index contributed by atoms with van der Waals surface area (Å²) in [5.74, 6) is -0.512. The molecule has 0 saturated carbocycles. The molecule has 1 aliphatic rings. The van der Waals surface area contributed by atoms with E-state index in [1.165, 1.54) is 19.1 Å². The first kappa shape index (κ1) is 16.2. The topological polar surface area (TPSA) is 49.4 Å². The van der Waals surface area contributed by atoms with Crippen LogP contribution >= 0.6 is 0 Å². The molecule has 3 rings (SSSR count). The number of hydrogen-bond acceptors (Lipinski definition) is 2. The summed E-state index contributed by atoms with van der Waals surface area (Å²) >= 11 is 0. The van der Waals surface area contributed by atoms with Crippen molar-refractivity contribution in [2.24, 2.45) is 0 Å². The maximum Gasteiger partial charge on any atom is 0.254 e. The number of nitrogens with zero attached hydrogens (tertiary/aromatic N) is 1. The molecule has 1 N–H and O–H groups in total. The lowest BCUT2D eigenvalue weighted by Gasteiger charge is -2.25. The van der Waals surface area contributed by atoms with Crippen LogP contribution in [-0.4, -0.2) is 23.3 Å². The zero-order valence-corrected chi connectivity index (χ0v) is 13.5. The average Bonchev–Trinajstić information content (AvgIpc) is 3.04. The predicted octanol–water partition coefficient (Wildman–Crippen LogP) is 3.76. The van der Waals surface area contributed by atoms with Gasteiger partial charge in [0.15, 0.2) is 0 Å². The number of halogens is 1. The number of benzene rings is 2. The fourth-order valence-corrected chi connectivity index (χ4v) is 3.14. The minimum Gasteiger partial charge on any atom is -0.332 e. The standard InChI is InChI=1S/C19H19FN2O2/c1-13(23)21-17-9-7-14(8-10-17)19(24)22-11-3-6-18(22)15-4-2-5-16(20)12-15/h2,4-5,7-10,12,18H,3,6,11H2,1H3,(H,21,23)/t18-/m0/s1. The van der Waals surface area contributed by atoms with Gasteiger partial charge >= 0.3 is 0 Å². The molecule has 0 bridgehead atoms. The van der Waals surface area contributed by atoms with Crippen LogP contribution in [0.2, 0.25) is 0 Å². The third-order valence-corrected chi connectivity index (χ3v) is 4.20. The van der Waals surface area contributed by atoms with E-state index in [1.807, 2.05) is 6.07 Å². The van der Waals surface area contributed by atoms with Gasteiger partial charge in [0.05, 0.1) is 6.04 Å². The fourth-order valence-electron chi connectivity index (χ4n) is 3.14. The lowest BCUT2D eigenvalue weighted by atomic mass is 10.0. The Morgan fingerprint density at radius 3 is 2.58 bits per heavy atom. The van der Waals surface area contributed by atoms with Gasteiger partial charge in [-0.2, -0.15) is 0 Å². The van der Waals surface area contributed by atoms with E-state index in [0.29, 0.717) is 17.8 Å². The van der Waals surface area contributed by atoms with E-state index in [4.69, 9.17) is 0 Å². The SMILES string of the molecule is CC(=O)Nc1ccc(C(=O)N2CCC[C@H]2c2cccc(F)c2)cc1. The molecule has 0 aromatic heterocycles. The van der Waals surface area contributed by atoms with Crippen molar-refractivity contribution in [3.8, 4) is 0 Å². The summed E-state index contributed by atoms with van der Waals surface area (Å²) in [4.78, 5) is 25.6. The normalized spacial score (nSPS) is 16.9. The van der Waals surface area contributed by atoms with Gasteiger partial charge in [0, 0.05) is 24.7 Å². The van der Waals surface area contributed by atoms with Crippen molar-refractivity contribution in [3.05, 3.63) is 65.5 Å². The molecule has 5 heteroatoms. The van der Waals surface area contributed by atoms with Gasteiger partial charge in [-0.3, -0.25) is 9.59 Å². The van der Waals surface area contributed by atoms with E-state index < -0.39 is 0 Å². The van der Waals surface area contributed by atoms with Gasteiger partial charge in [-0.05, 0) is 54.8 Å². The van der Waals surface area contributed by atoms with Crippen molar-refractivity contribution in [1.29, 1.82) is 0 Å². The maximum atomic E-state index is 13.5. The zero-order valence-electron chi connectivity index (χ0n) is 13.5. The van der Waals surface area contributed by atoms with Crippen molar-refractivity contribution in [3.63, 3.8) is 0 Å². The molecular formula is C19H19FN2O2. The van der Waals surface area contributed by atoms with Crippen LogP contribution in [0.5, 0.6) is 0 Å². The highest BCUT2D eigenvalue weighted by Crippen LogP contribution is 2.33. The Labute approximate surface area is 140 Å². The van der Waals surface area contributed by atoms with E-state index in [1.54, 1.807) is 35.2 Å². The molecule has 0 unspecified atom stereocenters. The van der Waals surface area contributed by atoms with Crippen LogP contribution in [0, 0.1) is 5.82 Å². The third-order valence-electron chi connectivity index (χ3n) is 4.20. The van der Waals surface area contributed by atoms with Crippen LogP contribution < -0.4 is 5.32 Å². The molecule has 0 spiro atoms. The first-order valence-electron chi connectivity index (χ1n) is 7.98. The smallest absolute Gasteiger partial charge is 0.254 e. The van der Waals surface area contributed by atoms with E-state index >= 15 is 0 Å². The summed E-state index contributed by atoms with van der Waals surface area (Å²) in [6.07, 6.45) is 1.73. The van der Waals surface area contributed by atoms with E-state index in [2.05, 4.69) is 5.32 Å². The molecule has 4 nitrogen and oxygen atoms in total. The number of carbonyl (C=O) groups excluding carboxylic acids is 2. The number of carbonyl (C=O) groups is 2. The minimum atomic E-state index is -0.286. The van der Waals surface area contributed by atoms with Gasteiger partial charge in [-0.15, -0.1) is 0 Å². The number of likely N-dealkylation sites (tertiary alicyclic amines) is 1. The monoisotopic (exact) mass is 326 g/mol. The van der Waals surface area contributed by atoms with Gasteiger partial charge in [0.2, 0.25) is 5.91 Å². The lowest BCUT2D eigenvalue weighted by Crippen LogP contribution is -2.30. The molecule has 2 aromatic rings. The van der Waals surface area contributed by atoms with Crippen LogP contribution in [0.15, 0.2) is 48.5 Å². The maximum absolute atomic E-state index is 13.5. The summed E-state index contributed by atoms with van der Waals surface area (Å²) in [5, 5.41) is 2.68. The van der Waals surface area contributed by atoms with E-state index in [9.17, 15) is 14.0 Å². The first-order chi connectivity index (χ1) is 11.5. The minimum absolute atomic E-state index is 0.0730. The molecule has 1 fully saturated rings. The van der Waals surface area contributed by atoms with Gasteiger partial charge in [-0.1, -0.05) is 12.1 Å². The highest BCUT2D eigenvalue weighted by molar-refractivity contribution is 5.96. The van der Waals surface area contributed by atoms with Crippen molar-refractivity contribution in [1.82, 2.24) is 4.90 Å². The van der Waals surface area contributed by atoms with Gasteiger partial charge in [0.25, 0.3) is 5.91 Å². The Morgan fingerprint density at radius 1 is 1.17 bits per heavy atom. The molecule has 1 saturated heterocycles. The van der Waals surface area contributed by atoms with Crippen molar-refractivity contribution < 1.29 is 14.0 Å². The molecule has 0 aliphatic carbocycles. The van der Waals surface area contributed by atoms with Crippen molar-refractivity contribution in [2.75, 3.05) is 11.9 Å². The Hall–Kier alpha value is -2.69. The second-order valence-corrected chi connectivity index (χ2v) is 5.97. The van der Waals surface area contributed by atoms with Crippen LogP contribution in [0.4, 0.5) is 10.1 Å². The molecule has 1 atom stereocenters. The Balaban J connectivity index is 1.79. The number of nitrogens with one attached hydrogen (secondary N) is 1. The van der Waals surface area contributed by atoms with Gasteiger partial charge in [-0.25, -0.2) is 4.39 Å². The summed E-state index contributed by atoms with van der Waals surface area (Å²) in [5.41, 5.74) is 2.05. The Morgan fingerprint density at radius 2 is 1.92 bits per heavy atom. The largest absolute Gasteiger partial charge is 0.332 e. The van der Waals surface area contributed by atoms with Crippen LogP contribution in [0.25, 0.3) is 0 Å². The second kappa shape index (κ2) is 6.83. The second-order valence-electron chi connectivity index (χ2n) is 5.97. The Bertz CT molecular complexity index is 758. The predicted molar refractivity (Wildman–Crippen MR) is 90.2 cm³/mol. The van der Waals surface area contributed by atoms with E-state index in [0.717, 1.165) is 18.4 Å². The average molecular weight is 326 g/mol. The van der Waals surface area contributed by atoms with Crippen molar-refractivity contribution >= 4 is 17.5 Å². The molecule has 2 amide bonds. The molecule has 124 valence electrons. The summed E-state index contributed by atoms with van der Waals surface area (Å²) in [6.45, 7) is 2.10. The molecule has 2 aromatic carbocycles. The third kappa shape index (κ3) is 3.45.